The third kappa shape index (κ3) is 4.26. The van der Waals surface area contributed by atoms with Crippen LogP contribution in [0.2, 0.25) is 0 Å². The molecule has 1 rings (SSSR count). The van der Waals surface area contributed by atoms with E-state index in [1.54, 1.807) is 12.1 Å². The molecule has 0 fully saturated rings. The highest BCUT2D eigenvalue weighted by Gasteiger charge is 2.31. The fraction of sp³-hybridized carbons (Fsp3) is 0.500. The van der Waals surface area contributed by atoms with Gasteiger partial charge in [0.1, 0.15) is 5.75 Å². The number of halogens is 3. The van der Waals surface area contributed by atoms with Crippen LogP contribution in [0.5, 0.6) is 5.75 Å². The van der Waals surface area contributed by atoms with Crippen molar-refractivity contribution in [3.8, 4) is 5.75 Å². The van der Waals surface area contributed by atoms with Gasteiger partial charge < -0.3 is 10.5 Å². The molecule has 1 aromatic rings. The number of rotatable bonds is 2. The molecular formula is C12H16F3NO. The number of hydrogen-bond acceptors (Lipinski definition) is 2. The van der Waals surface area contributed by atoms with E-state index < -0.39 is 6.36 Å². The second kappa shape index (κ2) is 4.56. The molecule has 1 aromatic carbocycles. The number of benzene rings is 1. The van der Waals surface area contributed by atoms with Gasteiger partial charge in [-0.1, -0.05) is 32.9 Å². The molecule has 17 heavy (non-hydrogen) atoms. The van der Waals surface area contributed by atoms with Crippen molar-refractivity contribution in [2.45, 2.75) is 33.2 Å². The highest BCUT2D eigenvalue weighted by molar-refractivity contribution is 5.29. The van der Waals surface area contributed by atoms with Gasteiger partial charge in [-0.25, -0.2) is 0 Å². The van der Waals surface area contributed by atoms with Gasteiger partial charge in [0, 0.05) is 6.04 Å². The minimum absolute atomic E-state index is 0.146. The normalized spacial score (nSPS) is 14.5. The molecule has 0 aromatic heterocycles. The van der Waals surface area contributed by atoms with Crippen molar-refractivity contribution in [1.29, 1.82) is 0 Å². The molecular weight excluding hydrogens is 231 g/mol. The molecule has 0 radical (unpaired) electrons. The summed E-state index contributed by atoms with van der Waals surface area (Å²) in [5, 5.41) is 0. The third-order valence-corrected chi connectivity index (χ3v) is 2.41. The van der Waals surface area contributed by atoms with Gasteiger partial charge in [-0.15, -0.1) is 13.2 Å². The van der Waals surface area contributed by atoms with E-state index in [-0.39, 0.29) is 17.2 Å². The predicted octanol–water partition coefficient (Wildman–Crippen LogP) is 3.63. The zero-order valence-electron chi connectivity index (χ0n) is 10.0. The smallest absolute Gasteiger partial charge is 0.406 e. The Morgan fingerprint density at radius 3 is 1.88 bits per heavy atom. The average Bonchev–Trinajstić information content (AvgIpc) is 2.14. The minimum Gasteiger partial charge on any atom is -0.406 e. The lowest BCUT2D eigenvalue weighted by molar-refractivity contribution is -0.274. The van der Waals surface area contributed by atoms with Gasteiger partial charge in [0.15, 0.2) is 0 Å². The molecule has 5 heteroatoms. The largest absolute Gasteiger partial charge is 0.573 e. The Kier molecular flexibility index (Phi) is 3.71. The molecule has 0 amide bonds. The van der Waals surface area contributed by atoms with E-state index in [9.17, 15) is 13.2 Å². The average molecular weight is 247 g/mol. The molecule has 96 valence electrons. The molecule has 2 N–H and O–H groups in total. The molecule has 0 heterocycles. The van der Waals surface area contributed by atoms with Crippen molar-refractivity contribution >= 4 is 0 Å². The van der Waals surface area contributed by atoms with E-state index in [0.29, 0.717) is 0 Å². The number of nitrogens with two attached hydrogens (primary N) is 1. The maximum absolute atomic E-state index is 11.9. The van der Waals surface area contributed by atoms with Crippen LogP contribution in [0.4, 0.5) is 13.2 Å². The van der Waals surface area contributed by atoms with Crippen molar-refractivity contribution in [3.63, 3.8) is 0 Å². The summed E-state index contributed by atoms with van der Waals surface area (Å²) >= 11 is 0. The summed E-state index contributed by atoms with van der Waals surface area (Å²) in [4.78, 5) is 0. The van der Waals surface area contributed by atoms with Crippen molar-refractivity contribution < 1.29 is 17.9 Å². The topological polar surface area (TPSA) is 35.2 Å². The van der Waals surface area contributed by atoms with Gasteiger partial charge in [-0.3, -0.25) is 0 Å². The second-order valence-corrected chi connectivity index (χ2v) is 4.96. The Bertz CT molecular complexity index is 365. The lowest BCUT2D eigenvalue weighted by Crippen LogP contribution is -2.26. The Morgan fingerprint density at radius 1 is 1.06 bits per heavy atom. The van der Waals surface area contributed by atoms with Crippen molar-refractivity contribution in [2.24, 2.45) is 11.1 Å². The molecule has 1 unspecified atom stereocenters. The quantitative estimate of drug-likeness (QED) is 0.866. The van der Waals surface area contributed by atoms with Gasteiger partial charge in [-0.2, -0.15) is 0 Å². The van der Waals surface area contributed by atoms with E-state index in [0.717, 1.165) is 5.56 Å². The van der Waals surface area contributed by atoms with Crippen molar-refractivity contribution in [2.75, 3.05) is 0 Å². The molecule has 2 nitrogen and oxygen atoms in total. The van der Waals surface area contributed by atoms with Crippen LogP contribution in [-0.4, -0.2) is 6.36 Å². The number of hydrogen-bond donors (Lipinski definition) is 1. The van der Waals surface area contributed by atoms with Gasteiger partial charge in [-0.05, 0) is 23.1 Å². The third-order valence-electron chi connectivity index (χ3n) is 2.41. The van der Waals surface area contributed by atoms with Gasteiger partial charge in [0.2, 0.25) is 0 Å². The zero-order chi connectivity index (χ0) is 13.3. The predicted molar refractivity (Wildman–Crippen MR) is 59.5 cm³/mol. The summed E-state index contributed by atoms with van der Waals surface area (Å²) in [6, 6.07) is 5.42. The minimum atomic E-state index is -4.66. The fourth-order valence-corrected chi connectivity index (χ4v) is 1.38. The summed E-state index contributed by atoms with van der Waals surface area (Å²) in [6.07, 6.45) is -4.66. The summed E-state index contributed by atoms with van der Waals surface area (Å²) in [7, 11) is 0. The van der Waals surface area contributed by atoms with Gasteiger partial charge in [0.25, 0.3) is 0 Å². The van der Waals surface area contributed by atoms with Crippen LogP contribution >= 0.6 is 0 Å². The highest BCUT2D eigenvalue weighted by atomic mass is 19.4. The Labute approximate surface area is 98.6 Å². The first-order chi connectivity index (χ1) is 7.59. The van der Waals surface area contributed by atoms with Crippen molar-refractivity contribution in [1.82, 2.24) is 0 Å². The molecule has 0 aliphatic rings. The highest BCUT2D eigenvalue weighted by Crippen LogP contribution is 2.31. The van der Waals surface area contributed by atoms with E-state index in [2.05, 4.69) is 4.74 Å². The van der Waals surface area contributed by atoms with E-state index in [4.69, 9.17) is 5.73 Å². The van der Waals surface area contributed by atoms with Crippen LogP contribution in [0.1, 0.15) is 32.4 Å². The van der Waals surface area contributed by atoms with Crippen LogP contribution in [0.25, 0.3) is 0 Å². The first kappa shape index (κ1) is 13.8. The molecule has 0 bridgehead atoms. The van der Waals surface area contributed by atoms with Crippen LogP contribution < -0.4 is 10.5 Å². The van der Waals surface area contributed by atoms with E-state index in [1.807, 2.05) is 20.8 Å². The molecule has 0 saturated carbocycles. The zero-order valence-corrected chi connectivity index (χ0v) is 10.0. The Balaban J connectivity index is 2.82. The number of ether oxygens (including phenoxy) is 1. The number of alkyl halides is 3. The maximum atomic E-state index is 11.9. The first-order valence-corrected chi connectivity index (χ1v) is 5.21. The molecule has 1 atom stereocenters. The van der Waals surface area contributed by atoms with E-state index in [1.165, 1.54) is 12.1 Å². The van der Waals surface area contributed by atoms with Crippen LogP contribution in [0.3, 0.4) is 0 Å². The summed E-state index contributed by atoms with van der Waals surface area (Å²) < 4.78 is 39.6. The standard InChI is InChI=1S/C12H16F3NO/c1-11(2,3)10(16)8-4-6-9(7-5-8)17-12(13,14)15/h4-7,10H,16H2,1-3H3. The van der Waals surface area contributed by atoms with Crippen LogP contribution in [0.15, 0.2) is 24.3 Å². The van der Waals surface area contributed by atoms with Crippen molar-refractivity contribution in [3.05, 3.63) is 29.8 Å². The fourth-order valence-electron chi connectivity index (χ4n) is 1.38. The molecule has 0 aliphatic carbocycles. The lowest BCUT2D eigenvalue weighted by Gasteiger charge is -2.27. The monoisotopic (exact) mass is 247 g/mol. The SMILES string of the molecule is CC(C)(C)C(N)c1ccc(OC(F)(F)F)cc1. The summed E-state index contributed by atoms with van der Waals surface area (Å²) in [5.74, 6) is -0.234. The maximum Gasteiger partial charge on any atom is 0.573 e. The second-order valence-electron chi connectivity index (χ2n) is 4.96. The molecule has 0 saturated heterocycles. The van der Waals surface area contributed by atoms with E-state index >= 15 is 0 Å². The lowest BCUT2D eigenvalue weighted by atomic mass is 9.83. The summed E-state index contributed by atoms with van der Waals surface area (Å²) in [6.45, 7) is 5.91. The van der Waals surface area contributed by atoms with Crippen LogP contribution in [-0.2, 0) is 0 Å². The molecule has 0 aliphatic heterocycles. The molecule has 0 spiro atoms. The first-order valence-electron chi connectivity index (χ1n) is 5.21. The van der Waals surface area contributed by atoms with Gasteiger partial charge >= 0.3 is 6.36 Å². The Hall–Kier alpha value is -1.23. The Morgan fingerprint density at radius 2 is 1.53 bits per heavy atom. The van der Waals surface area contributed by atoms with Gasteiger partial charge in [0.05, 0.1) is 0 Å². The van der Waals surface area contributed by atoms with Crippen LogP contribution in [0, 0.1) is 5.41 Å². The summed E-state index contributed by atoms with van der Waals surface area (Å²) in [5.41, 5.74) is 6.62.